The van der Waals surface area contributed by atoms with Crippen molar-refractivity contribution in [3.8, 4) is 11.5 Å². The molecule has 2 aliphatic rings. The van der Waals surface area contributed by atoms with Gasteiger partial charge in [-0.15, -0.1) is 0 Å². The Bertz CT molecular complexity index is 1030. The lowest BCUT2D eigenvalue weighted by Gasteiger charge is -2.10. The Morgan fingerprint density at radius 3 is 1.29 bits per heavy atom. The number of rotatable bonds is 2. The van der Waals surface area contributed by atoms with Gasteiger partial charge in [0, 0.05) is 20.1 Å². The van der Waals surface area contributed by atoms with E-state index in [1.54, 1.807) is 0 Å². The summed E-state index contributed by atoms with van der Waals surface area (Å²) in [6.07, 6.45) is 0. The van der Waals surface area contributed by atoms with Gasteiger partial charge in [-0.1, -0.05) is 68.3 Å². The van der Waals surface area contributed by atoms with Crippen LogP contribution in [0.2, 0.25) is 0 Å². The monoisotopic (exact) mass is 498 g/mol. The van der Waals surface area contributed by atoms with Crippen LogP contribution in [0.1, 0.15) is 34.1 Å². The zero-order chi connectivity index (χ0) is 19.4. The summed E-state index contributed by atoms with van der Waals surface area (Å²) in [5, 5.41) is 0. The zero-order valence-electron chi connectivity index (χ0n) is 14.3. The van der Waals surface area contributed by atoms with Gasteiger partial charge in [-0.25, -0.2) is 0 Å². The van der Waals surface area contributed by atoms with E-state index in [9.17, 15) is 9.59 Å². The summed E-state index contributed by atoms with van der Waals surface area (Å²) in [6.45, 7) is 0. The van der Waals surface area contributed by atoms with Crippen LogP contribution in [0.4, 0.5) is 0 Å². The quantitative estimate of drug-likeness (QED) is 0.354. The third-order valence-corrected chi connectivity index (χ3v) is 6.14. The van der Waals surface area contributed by atoms with Gasteiger partial charge in [0.15, 0.2) is 11.5 Å². The molecule has 0 saturated carbocycles. The second-order valence-electron chi connectivity index (χ2n) is 6.71. The average molecular weight is 500 g/mol. The molecule has 3 aromatic rings. The second kappa shape index (κ2) is 6.57. The standard InChI is InChI=1S/C22H12Br2O4/c23-13-5-1-11(2-6-13)17-15-9-10-16-18(12-3-7-14(24)8-4-12)22(26)28-20(16)19(15)27-21(17)25/h1-10,17-18H. The Labute approximate surface area is 177 Å². The van der Waals surface area contributed by atoms with Crippen molar-refractivity contribution in [2.45, 2.75) is 11.8 Å². The molecule has 2 heterocycles. The first kappa shape index (κ1) is 17.6. The first-order valence-electron chi connectivity index (χ1n) is 8.64. The molecule has 2 aliphatic heterocycles. The SMILES string of the molecule is O=C1Oc2c(ccc3c2OC(=O)C3c2ccc(Br)cc2)C1c1ccc(Br)cc1. The van der Waals surface area contributed by atoms with E-state index in [-0.39, 0.29) is 11.9 Å². The second-order valence-corrected chi connectivity index (χ2v) is 8.54. The van der Waals surface area contributed by atoms with E-state index in [0.29, 0.717) is 11.5 Å². The summed E-state index contributed by atoms with van der Waals surface area (Å²) in [5.74, 6) is -1.09. The maximum Gasteiger partial charge on any atom is 0.323 e. The van der Waals surface area contributed by atoms with Crippen LogP contribution >= 0.6 is 31.9 Å². The molecule has 0 spiro atoms. The molecule has 0 amide bonds. The van der Waals surface area contributed by atoms with Crippen LogP contribution in [0.5, 0.6) is 11.5 Å². The Balaban J connectivity index is 1.60. The predicted molar refractivity (Wildman–Crippen MR) is 110 cm³/mol. The summed E-state index contributed by atoms with van der Waals surface area (Å²) in [4.78, 5) is 25.2. The molecule has 5 rings (SSSR count). The number of esters is 2. The molecule has 138 valence electrons. The zero-order valence-corrected chi connectivity index (χ0v) is 17.5. The van der Waals surface area contributed by atoms with Gasteiger partial charge in [0.2, 0.25) is 0 Å². The fourth-order valence-electron chi connectivity index (χ4n) is 3.77. The Hall–Kier alpha value is -2.44. The van der Waals surface area contributed by atoms with Crippen molar-refractivity contribution in [3.63, 3.8) is 0 Å². The van der Waals surface area contributed by atoms with Crippen molar-refractivity contribution in [1.29, 1.82) is 0 Å². The smallest absolute Gasteiger partial charge is 0.323 e. The van der Waals surface area contributed by atoms with E-state index in [4.69, 9.17) is 9.47 Å². The Morgan fingerprint density at radius 2 is 0.929 bits per heavy atom. The molecule has 28 heavy (non-hydrogen) atoms. The number of carbonyl (C=O) groups is 2. The number of halogens is 2. The summed E-state index contributed by atoms with van der Waals surface area (Å²) in [6, 6.07) is 18.8. The van der Waals surface area contributed by atoms with Crippen LogP contribution < -0.4 is 9.47 Å². The van der Waals surface area contributed by atoms with E-state index in [1.807, 2.05) is 60.7 Å². The van der Waals surface area contributed by atoms with Gasteiger partial charge < -0.3 is 9.47 Å². The van der Waals surface area contributed by atoms with Crippen LogP contribution in [0, 0.1) is 0 Å². The molecule has 0 fully saturated rings. The summed E-state index contributed by atoms with van der Waals surface area (Å²) in [7, 11) is 0. The third-order valence-electron chi connectivity index (χ3n) is 5.08. The third kappa shape index (κ3) is 2.71. The van der Waals surface area contributed by atoms with Crippen LogP contribution in [0.15, 0.2) is 69.6 Å². The molecule has 0 saturated heterocycles. The van der Waals surface area contributed by atoms with Crippen molar-refractivity contribution in [2.24, 2.45) is 0 Å². The molecular weight excluding hydrogens is 488 g/mol. The van der Waals surface area contributed by atoms with E-state index >= 15 is 0 Å². The van der Waals surface area contributed by atoms with E-state index in [0.717, 1.165) is 31.2 Å². The number of carbonyl (C=O) groups excluding carboxylic acids is 2. The summed E-state index contributed by atoms with van der Waals surface area (Å²) in [5.41, 5.74) is 3.10. The van der Waals surface area contributed by atoms with E-state index < -0.39 is 11.8 Å². The van der Waals surface area contributed by atoms with Crippen LogP contribution in [-0.4, -0.2) is 11.9 Å². The largest absolute Gasteiger partial charge is 0.421 e. The molecule has 2 unspecified atom stereocenters. The topological polar surface area (TPSA) is 52.6 Å². The molecule has 3 aromatic carbocycles. The molecule has 4 nitrogen and oxygen atoms in total. The molecular formula is C22H12Br2O4. The molecule has 6 heteroatoms. The summed E-state index contributed by atoms with van der Waals surface area (Å²) < 4.78 is 13.0. The average Bonchev–Trinajstić information content (AvgIpc) is 3.19. The van der Waals surface area contributed by atoms with Crippen molar-refractivity contribution in [1.82, 2.24) is 0 Å². The molecule has 0 N–H and O–H groups in total. The van der Waals surface area contributed by atoms with Gasteiger partial charge >= 0.3 is 11.9 Å². The van der Waals surface area contributed by atoms with Gasteiger partial charge in [-0.3, -0.25) is 9.59 Å². The minimum Gasteiger partial charge on any atom is -0.421 e. The lowest BCUT2D eigenvalue weighted by molar-refractivity contribution is -0.135. The molecule has 0 bridgehead atoms. The molecule has 0 aromatic heterocycles. The minimum absolute atomic E-state index is 0.350. The lowest BCUT2D eigenvalue weighted by atomic mass is 9.88. The van der Waals surface area contributed by atoms with Crippen molar-refractivity contribution in [2.75, 3.05) is 0 Å². The fourth-order valence-corrected chi connectivity index (χ4v) is 4.30. The Kier molecular flexibility index (Phi) is 4.14. The maximum atomic E-state index is 12.6. The first-order valence-corrected chi connectivity index (χ1v) is 10.2. The highest BCUT2D eigenvalue weighted by Gasteiger charge is 2.43. The van der Waals surface area contributed by atoms with Gasteiger partial charge in [0.05, 0.1) is 0 Å². The van der Waals surface area contributed by atoms with Crippen LogP contribution in [0.3, 0.4) is 0 Å². The highest BCUT2D eigenvalue weighted by molar-refractivity contribution is 9.10. The fraction of sp³-hybridized carbons (Fsp3) is 0.0909. The normalized spacial score (nSPS) is 19.8. The molecule has 2 atom stereocenters. The van der Waals surface area contributed by atoms with Gasteiger partial charge in [-0.05, 0) is 35.4 Å². The van der Waals surface area contributed by atoms with Crippen LogP contribution in [0.25, 0.3) is 0 Å². The minimum atomic E-state index is -0.529. The molecule has 0 radical (unpaired) electrons. The highest BCUT2D eigenvalue weighted by Crippen LogP contribution is 2.52. The lowest BCUT2D eigenvalue weighted by Crippen LogP contribution is -2.12. The number of hydrogen-bond donors (Lipinski definition) is 0. The van der Waals surface area contributed by atoms with Crippen molar-refractivity contribution < 1.29 is 19.1 Å². The maximum absolute atomic E-state index is 12.6. The number of ether oxygens (including phenoxy) is 2. The van der Waals surface area contributed by atoms with Gasteiger partial charge in [0.25, 0.3) is 0 Å². The Morgan fingerprint density at radius 1 is 0.571 bits per heavy atom. The van der Waals surface area contributed by atoms with E-state index in [2.05, 4.69) is 31.9 Å². The van der Waals surface area contributed by atoms with Crippen molar-refractivity contribution >= 4 is 43.8 Å². The van der Waals surface area contributed by atoms with Crippen LogP contribution in [-0.2, 0) is 9.59 Å². The number of benzene rings is 3. The number of hydrogen-bond acceptors (Lipinski definition) is 4. The number of fused-ring (bicyclic) bond motifs is 3. The van der Waals surface area contributed by atoms with E-state index in [1.165, 1.54) is 0 Å². The van der Waals surface area contributed by atoms with Crippen molar-refractivity contribution in [3.05, 3.63) is 91.9 Å². The first-order chi connectivity index (χ1) is 13.5. The van der Waals surface area contributed by atoms with Gasteiger partial charge in [-0.2, -0.15) is 0 Å². The molecule has 0 aliphatic carbocycles. The highest BCUT2D eigenvalue weighted by atomic mass is 79.9. The van der Waals surface area contributed by atoms with Gasteiger partial charge in [0.1, 0.15) is 11.8 Å². The summed E-state index contributed by atoms with van der Waals surface area (Å²) >= 11 is 6.81. The predicted octanol–water partition coefficient (Wildman–Crippen LogP) is 5.31.